The van der Waals surface area contributed by atoms with Crippen LogP contribution in [0.1, 0.15) is 11.1 Å². The summed E-state index contributed by atoms with van der Waals surface area (Å²) in [6, 6.07) is 6.33. The van der Waals surface area contributed by atoms with Gasteiger partial charge in [-0.3, -0.25) is 0 Å². The van der Waals surface area contributed by atoms with Gasteiger partial charge >= 0.3 is 0 Å². The first-order chi connectivity index (χ1) is 7.30. The number of ether oxygens (including phenoxy) is 2. The average molecular weight is 205 g/mol. The van der Waals surface area contributed by atoms with Crippen LogP contribution in [0.3, 0.4) is 0 Å². The molecule has 2 heterocycles. The first-order valence-electron chi connectivity index (χ1n) is 5.37. The number of nitrogens with one attached hydrogen (secondary N) is 1. The van der Waals surface area contributed by atoms with Crippen LogP contribution in [0.15, 0.2) is 18.2 Å². The van der Waals surface area contributed by atoms with Gasteiger partial charge < -0.3 is 14.8 Å². The second-order valence-electron chi connectivity index (χ2n) is 4.35. The number of hydrogen-bond donors (Lipinski definition) is 1. The van der Waals surface area contributed by atoms with E-state index in [2.05, 4.69) is 30.4 Å². The summed E-state index contributed by atoms with van der Waals surface area (Å²) in [4.78, 5) is 0. The third-order valence-corrected chi connectivity index (χ3v) is 3.18. The fourth-order valence-corrected chi connectivity index (χ4v) is 2.35. The van der Waals surface area contributed by atoms with Crippen LogP contribution in [0.25, 0.3) is 0 Å². The Morgan fingerprint density at radius 1 is 1.33 bits per heavy atom. The monoisotopic (exact) mass is 205 g/mol. The molecule has 3 rings (SSSR count). The predicted molar refractivity (Wildman–Crippen MR) is 57.2 cm³/mol. The van der Waals surface area contributed by atoms with Crippen LogP contribution in [-0.4, -0.2) is 26.4 Å². The zero-order valence-electron chi connectivity index (χ0n) is 8.88. The van der Waals surface area contributed by atoms with Gasteiger partial charge in [0.15, 0.2) is 0 Å². The van der Waals surface area contributed by atoms with E-state index < -0.39 is 0 Å². The van der Waals surface area contributed by atoms with Gasteiger partial charge in [-0.05, 0) is 13.0 Å². The van der Waals surface area contributed by atoms with Crippen LogP contribution in [0.2, 0.25) is 0 Å². The van der Waals surface area contributed by atoms with E-state index in [-0.39, 0.29) is 5.54 Å². The summed E-state index contributed by atoms with van der Waals surface area (Å²) in [6.07, 6.45) is 0. The van der Waals surface area contributed by atoms with Gasteiger partial charge in [-0.15, -0.1) is 0 Å². The number of benzene rings is 1. The highest BCUT2D eigenvalue weighted by Gasteiger charge is 2.42. The number of fused-ring (bicyclic) bond motifs is 2. The van der Waals surface area contributed by atoms with E-state index in [0.29, 0.717) is 13.2 Å². The van der Waals surface area contributed by atoms with Crippen molar-refractivity contribution < 1.29 is 9.47 Å². The number of aryl methyl sites for hydroxylation is 1. The molecule has 3 nitrogen and oxygen atoms in total. The summed E-state index contributed by atoms with van der Waals surface area (Å²) in [6.45, 7) is 5.20. The molecule has 0 aromatic heterocycles. The van der Waals surface area contributed by atoms with E-state index in [0.717, 1.165) is 18.9 Å². The van der Waals surface area contributed by atoms with E-state index in [9.17, 15) is 0 Å². The van der Waals surface area contributed by atoms with Crippen molar-refractivity contribution in [2.45, 2.75) is 12.5 Å². The highest BCUT2D eigenvalue weighted by atomic mass is 16.5. The minimum absolute atomic E-state index is 0.0976. The lowest BCUT2D eigenvalue weighted by Crippen LogP contribution is -2.52. The molecule has 0 bridgehead atoms. The van der Waals surface area contributed by atoms with Gasteiger partial charge in [-0.25, -0.2) is 0 Å². The Morgan fingerprint density at radius 2 is 2.27 bits per heavy atom. The summed E-state index contributed by atoms with van der Waals surface area (Å²) in [5.74, 6) is 0.999. The largest absolute Gasteiger partial charge is 0.491 e. The van der Waals surface area contributed by atoms with Gasteiger partial charge in [0, 0.05) is 12.1 Å². The molecule has 1 saturated heterocycles. The fourth-order valence-electron chi connectivity index (χ4n) is 2.35. The van der Waals surface area contributed by atoms with E-state index in [4.69, 9.17) is 9.47 Å². The van der Waals surface area contributed by atoms with Crippen molar-refractivity contribution in [2.75, 3.05) is 26.4 Å². The molecule has 80 valence electrons. The van der Waals surface area contributed by atoms with Crippen LogP contribution in [0.5, 0.6) is 5.75 Å². The first-order valence-corrected chi connectivity index (χ1v) is 5.37. The molecule has 0 unspecified atom stereocenters. The second-order valence-corrected chi connectivity index (χ2v) is 4.35. The van der Waals surface area contributed by atoms with Gasteiger partial charge in [-0.1, -0.05) is 17.7 Å². The molecule has 0 saturated carbocycles. The maximum Gasteiger partial charge on any atom is 0.124 e. The first kappa shape index (κ1) is 9.19. The SMILES string of the molecule is Cc1ccc2c(c1)[C@@]1(COCCN1)CO2. The quantitative estimate of drug-likeness (QED) is 0.690. The van der Waals surface area contributed by atoms with Gasteiger partial charge in [0.25, 0.3) is 0 Å². The summed E-state index contributed by atoms with van der Waals surface area (Å²) < 4.78 is 11.3. The second kappa shape index (κ2) is 3.22. The molecular weight excluding hydrogens is 190 g/mol. The van der Waals surface area contributed by atoms with Crippen LogP contribution >= 0.6 is 0 Å². The maximum absolute atomic E-state index is 5.70. The molecule has 3 heteroatoms. The molecule has 1 aromatic carbocycles. The summed E-state index contributed by atoms with van der Waals surface area (Å²) in [7, 11) is 0. The molecule has 0 aliphatic carbocycles. The smallest absolute Gasteiger partial charge is 0.124 e. The molecule has 2 aliphatic heterocycles. The van der Waals surface area contributed by atoms with E-state index >= 15 is 0 Å². The molecule has 1 spiro atoms. The lowest BCUT2D eigenvalue weighted by atomic mass is 9.91. The van der Waals surface area contributed by atoms with Crippen molar-refractivity contribution in [3.8, 4) is 5.75 Å². The molecule has 0 radical (unpaired) electrons. The average Bonchev–Trinajstić information content (AvgIpc) is 2.59. The molecular formula is C12H15NO2. The van der Waals surface area contributed by atoms with Gasteiger partial charge in [0.05, 0.1) is 13.2 Å². The molecule has 1 fully saturated rings. The third-order valence-electron chi connectivity index (χ3n) is 3.18. The topological polar surface area (TPSA) is 30.5 Å². The van der Waals surface area contributed by atoms with Crippen molar-refractivity contribution in [3.63, 3.8) is 0 Å². The normalized spacial score (nSPS) is 28.9. The van der Waals surface area contributed by atoms with Crippen molar-refractivity contribution in [2.24, 2.45) is 0 Å². The molecule has 15 heavy (non-hydrogen) atoms. The molecule has 1 atom stereocenters. The van der Waals surface area contributed by atoms with Crippen LogP contribution in [0, 0.1) is 6.92 Å². The zero-order valence-corrected chi connectivity index (χ0v) is 8.88. The Hall–Kier alpha value is -1.06. The van der Waals surface area contributed by atoms with Gasteiger partial charge in [0.2, 0.25) is 0 Å². The number of morpholine rings is 1. The van der Waals surface area contributed by atoms with Crippen molar-refractivity contribution in [1.29, 1.82) is 0 Å². The van der Waals surface area contributed by atoms with Crippen molar-refractivity contribution >= 4 is 0 Å². The molecule has 1 aromatic rings. The summed E-state index contributed by atoms with van der Waals surface area (Å²) in [5, 5.41) is 3.53. The van der Waals surface area contributed by atoms with Crippen molar-refractivity contribution in [3.05, 3.63) is 29.3 Å². The summed E-state index contributed by atoms with van der Waals surface area (Å²) >= 11 is 0. The Balaban J connectivity index is 2.05. The fraction of sp³-hybridized carbons (Fsp3) is 0.500. The van der Waals surface area contributed by atoms with Gasteiger partial charge in [-0.2, -0.15) is 0 Å². The Morgan fingerprint density at radius 3 is 3.07 bits per heavy atom. The number of rotatable bonds is 0. The van der Waals surface area contributed by atoms with Gasteiger partial charge in [0.1, 0.15) is 17.9 Å². The lowest BCUT2D eigenvalue weighted by Gasteiger charge is -2.33. The van der Waals surface area contributed by atoms with E-state index in [1.807, 2.05) is 0 Å². The Kier molecular flexibility index (Phi) is 1.97. The number of hydrogen-bond acceptors (Lipinski definition) is 3. The summed E-state index contributed by atoms with van der Waals surface area (Å²) in [5.41, 5.74) is 2.42. The minimum atomic E-state index is -0.0976. The van der Waals surface area contributed by atoms with Crippen LogP contribution < -0.4 is 10.1 Å². The van der Waals surface area contributed by atoms with Crippen LogP contribution in [-0.2, 0) is 10.3 Å². The molecule has 2 aliphatic rings. The molecule has 0 amide bonds. The van der Waals surface area contributed by atoms with Crippen molar-refractivity contribution in [1.82, 2.24) is 5.32 Å². The highest BCUT2D eigenvalue weighted by Crippen LogP contribution is 2.38. The lowest BCUT2D eigenvalue weighted by molar-refractivity contribution is 0.0160. The standard InChI is InChI=1S/C12H15NO2/c1-9-2-3-11-10(6-9)12(8-15-11)7-14-5-4-13-12/h2-3,6,13H,4-5,7-8H2,1H3/t12-/m1/s1. The van der Waals surface area contributed by atoms with E-state index in [1.54, 1.807) is 0 Å². The Labute approximate surface area is 89.4 Å². The van der Waals surface area contributed by atoms with E-state index in [1.165, 1.54) is 11.1 Å². The maximum atomic E-state index is 5.70. The molecule has 1 N–H and O–H groups in total. The zero-order chi connectivity index (χ0) is 10.3. The highest BCUT2D eigenvalue weighted by molar-refractivity contribution is 5.45. The Bertz CT molecular complexity index is 378. The predicted octanol–water partition coefficient (Wildman–Crippen LogP) is 1.20. The third kappa shape index (κ3) is 1.34. The minimum Gasteiger partial charge on any atom is -0.491 e. The van der Waals surface area contributed by atoms with Crippen LogP contribution in [0.4, 0.5) is 0 Å².